The summed E-state index contributed by atoms with van der Waals surface area (Å²) in [5, 5.41) is 12.9. The molecule has 0 aromatic rings. The first-order valence-corrected chi connectivity index (χ1v) is 8.20. The summed E-state index contributed by atoms with van der Waals surface area (Å²) in [6.45, 7) is 10.4. The number of rotatable bonds is 11. The van der Waals surface area contributed by atoms with Crippen molar-refractivity contribution < 1.29 is 9.90 Å². The van der Waals surface area contributed by atoms with Crippen LogP contribution in [0.3, 0.4) is 0 Å². The van der Waals surface area contributed by atoms with Crippen LogP contribution >= 0.6 is 0 Å². The molecule has 1 saturated carbocycles. The lowest BCUT2D eigenvalue weighted by Crippen LogP contribution is -2.54. The van der Waals surface area contributed by atoms with E-state index in [2.05, 4.69) is 17.1 Å². The van der Waals surface area contributed by atoms with Gasteiger partial charge in [-0.25, -0.2) is 0 Å². The van der Waals surface area contributed by atoms with Crippen LogP contribution in [0.2, 0.25) is 0 Å². The van der Waals surface area contributed by atoms with E-state index < -0.39 is 11.5 Å². The van der Waals surface area contributed by atoms with E-state index in [-0.39, 0.29) is 6.04 Å². The number of nitrogens with zero attached hydrogens (tertiary/aromatic N) is 1. The standard InChI is InChI=1S/C16H32N2O2/c1-5-11-18(14-8-9-14)12-7-10-16(6-2,15(19)20)17-13(3)4/h13-14,17H,5-12H2,1-4H3,(H,19,20). The van der Waals surface area contributed by atoms with Crippen molar-refractivity contribution in [2.24, 2.45) is 0 Å². The lowest BCUT2D eigenvalue weighted by Gasteiger charge is -2.32. The van der Waals surface area contributed by atoms with Crippen LogP contribution in [0.25, 0.3) is 0 Å². The van der Waals surface area contributed by atoms with E-state index in [1.807, 2.05) is 20.8 Å². The van der Waals surface area contributed by atoms with Gasteiger partial charge in [0.1, 0.15) is 5.54 Å². The third-order valence-electron chi connectivity index (χ3n) is 4.20. The van der Waals surface area contributed by atoms with E-state index in [9.17, 15) is 9.90 Å². The summed E-state index contributed by atoms with van der Waals surface area (Å²) >= 11 is 0. The van der Waals surface area contributed by atoms with E-state index in [1.165, 1.54) is 19.3 Å². The fourth-order valence-corrected chi connectivity index (χ4v) is 3.01. The van der Waals surface area contributed by atoms with Crippen LogP contribution in [0.15, 0.2) is 0 Å². The highest BCUT2D eigenvalue weighted by Gasteiger charge is 2.37. The summed E-state index contributed by atoms with van der Waals surface area (Å²) in [6.07, 6.45) is 6.13. The molecular formula is C16H32N2O2. The molecule has 0 bridgehead atoms. The van der Waals surface area contributed by atoms with E-state index in [4.69, 9.17) is 0 Å². The van der Waals surface area contributed by atoms with Gasteiger partial charge in [0.2, 0.25) is 0 Å². The fraction of sp³-hybridized carbons (Fsp3) is 0.938. The highest BCUT2D eigenvalue weighted by molar-refractivity contribution is 5.78. The molecule has 1 atom stereocenters. The predicted octanol–water partition coefficient (Wildman–Crippen LogP) is 2.87. The molecule has 0 radical (unpaired) electrons. The van der Waals surface area contributed by atoms with Crippen molar-refractivity contribution in [2.75, 3.05) is 13.1 Å². The van der Waals surface area contributed by atoms with Crippen LogP contribution in [-0.2, 0) is 4.79 Å². The van der Waals surface area contributed by atoms with Crippen molar-refractivity contribution >= 4 is 5.97 Å². The summed E-state index contributed by atoms with van der Waals surface area (Å²) in [5.74, 6) is -0.706. The Balaban J connectivity index is 2.50. The van der Waals surface area contributed by atoms with Crippen LogP contribution in [0.1, 0.15) is 66.2 Å². The van der Waals surface area contributed by atoms with E-state index in [0.29, 0.717) is 12.8 Å². The van der Waals surface area contributed by atoms with Gasteiger partial charge < -0.3 is 10.0 Å². The Morgan fingerprint density at radius 3 is 2.40 bits per heavy atom. The number of hydrogen-bond acceptors (Lipinski definition) is 3. The molecule has 1 fully saturated rings. The van der Waals surface area contributed by atoms with Crippen molar-refractivity contribution in [3.05, 3.63) is 0 Å². The smallest absolute Gasteiger partial charge is 0.323 e. The van der Waals surface area contributed by atoms with E-state index in [1.54, 1.807) is 0 Å². The third-order valence-corrected chi connectivity index (χ3v) is 4.20. The van der Waals surface area contributed by atoms with Crippen molar-refractivity contribution in [1.82, 2.24) is 10.2 Å². The van der Waals surface area contributed by atoms with Crippen LogP contribution in [0.5, 0.6) is 0 Å². The maximum Gasteiger partial charge on any atom is 0.323 e. The normalized spacial score (nSPS) is 18.5. The largest absolute Gasteiger partial charge is 0.480 e. The van der Waals surface area contributed by atoms with Gasteiger partial charge in [-0.15, -0.1) is 0 Å². The second kappa shape index (κ2) is 7.99. The van der Waals surface area contributed by atoms with Crippen LogP contribution in [0, 0.1) is 0 Å². The molecular weight excluding hydrogens is 252 g/mol. The first-order valence-electron chi connectivity index (χ1n) is 8.20. The summed E-state index contributed by atoms with van der Waals surface area (Å²) in [6, 6.07) is 0.968. The topological polar surface area (TPSA) is 52.6 Å². The number of hydrogen-bond donors (Lipinski definition) is 2. The molecule has 0 heterocycles. The Bertz CT molecular complexity index is 303. The Morgan fingerprint density at radius 2 is 2.00 bits per heavy atom. The number of carboxylic acid groups (broad SMARTS) is 1. The first-order chi connectivity index (χ1) is 9.45. The van der Waals surface area contributed by atoms with Gasteiger partial charge in [0, 0.05) is 12.1 Å². The highest BCUT2D eigenvalue weighted by atomic mass is 16.4. The molecule has 0 amide bonds. The molecule has 0 saturated heterocycles. The first kappa shape index (κ1) is 17.4. The zero-order chi connectivity index (χ0) is 15.2. The van der Waals surface area contributed by atoms with Gasteiger partial charge in [-0.1, -0.05) is 13.8 Å². The third kappa shape index (κ3) is 5.06. The second-order valence-electron chi connectivity index (χ2n) is 6.41. The lowest BCUT2D eigenvalue weighted by atomic mass is 9.89. The minimum absolute atomic E-state index is 0.196. The average Bonchev–Trinajstić information content (AvgIpc) is 3.19. The maximum absolute atomic E-state index is 11.7. The van der Waals surface area contributed by atoms with Gasteiger partial charge in [0.15, 0.2) is 0 Å². The maximum atomic E-state index is 11.7. The summed E-state index contributed by atoms with van der Waals surface area (Å²) < 4.78 is 0. The lowest BCUT2D eigenvalue weighted by molar-refractivity contribution is -0.145. The van der Waals surface area contributed by atoms with Gasteiger partial charge in [-0.2, -0.15) is 0 Å². The van der Waals surface area contributed by atoms with E-state index in [0.717, 1.165) is 25.6 Å². The molecule has 118 valence electrons. The zero-order valence-corrected chi connectivity index (χ0v) is 13.6. The highest BCUT2D eigenvalue weighted by Crippen LogP contribution is 2.28. The molecule has 0 aromatic carbocycles. The monoisotopic (exact) mass is 284 g/mol. The molecule has 4 heteroatoms. The number of aliphatic carboxylic acids is 1. The van der Waals surface area contributed by atoms with Gasteiger partial charge in [0.05, 0.1) is 0 Å². The van der Waals surface area contributed by atoms with Crippen molar-refractivity contribution in [3.8, 4) is 0 Å². The zero-order valence-electron chi connectivity index (χ0n) is 13.6. The molecule has 20 heavy (non-hydrogen) atoms. The summed E-state index contributed by atoms with van der Waals surface area (Å²) in [5.41, 5.74) is -0.754. The Hall–Kier alpha value is -0.610. The fourth-order valence-electron chi connectivity index (χ4n) is 3.01. The van der Waals surface area contributed by atoms with Crippen molar-refractivity contribution in [3.63, 3.8) is 0 Å². The van der Waals surface area contributed by atoms with Gasteiger partial charge in [-0.05, 0) is 65.5 Å². The molecule has 0 aromatic heterocycles. The molecule has 0 aliphatic heterocycles. The molecule has 2 N–H and O–H groups in total. The average molecular weight is 284 g/mol. The Morgan fingerprint density at radius 1 is 1.35 bits per heavy atom. The molecule has 0 spiro atoms. The minimum atomic E-state index is -0.754. The van der Waals surface area contributed by atoms with Gasteiger partial charge >= 0.3 is 5.97 Å². The SMILES string of the molecule is CCCN(CCCC(CC)(NC(C)C)C(=O)O)C1CC1. The van der Waals surface area contributed by atoms with Gasteiger partial charge in [-0.3, -0.25) is 10.1 Å². The summed E-state index contributed by atoms with van der Waals surface area (Å²) in [4.78, 5) is 14.2. The number of nitrogens with one attached hydrogen (secondary N) is 1. The van der Waals surface area contributed by atoms with Crippen molar-refractivity contribution in [2.45, 2.75) is 83.8 Å². The molecule has 4 nitrogen and oxygen atoms in total. The number of carbonyl (C=O) groups is 1. The molecule has 1 unspecified atom stereocenters. The van der Waals surface area contributed by atoms with Crippen molar-refractivity contribution in [1.29, 1.82) is 0 Å². The predicted molar refractivity (Wildman–Crippen MR) is 83.0 cm³/mol. The van der Waals surface area contributed by atoms with Crippen LogP contribution in [-0.4, -0.2) is 46.7 Å². The van der Waals surface area contributed by atoms with Crippen LogP contribution in [0.4, 0.5) is 0 Å². The molecule has 1 aliphatic rings. The molecule has 1 aliphatic carbocycles. The van der Waals surface area contributed by atoms with Gasteiger partial charge in [0.25, 0.3) is 0 Å². The minimum Gasteiger partial charge on any atom is -0.480 e. The summed E-state index contributed by atoms with van der Waals surface area (Å²) in [7, 11) is 0. The molecule has 1 rings (SSSR count). The quantitative estimate of drug-likeness (QED) is 0.612. The Kier molecular flexibility index (Phi) is 6.96. The number of carboxylic acids is 1. The van der Waals surface area contributed by atoms with Crippen LogP contribution < -0.4 is 5.32 Å². The second-order valence-corrected chi connectivity index (χ2v) is 6.41. The van der Waals surface area contributed by atoms with E-state index >= 15 is 0 Å². The Labute approximate surface area is 123 Å².